The molecule has 1 aliphatic rings. The van der Waals surface area contributed by atoms with Gasteiger partial charge in [-0.25, -0.2) is 8.42 Å². The SMILES string of the molecule is Cc1ccc(S(=O)(=O)C(CCc2ccc(Cl)c(Cl)c2)CCC2CCNCC2)cc1. The van der Waals surface area contributed by atoms with E-state index in [0.29, 0.717) is 40.1 Å². The minimum atomic E-state index is -3.38. The number of aryl methyl sites for hydroxylation is 2. The minimum absolute atomic E-state index is 0.394. The fourth-order valence-electron chi connectivity index (χ4n) is 3.99. The van der Waals surface area contributed by atoms with Crippen LogP contribution in [0.15, 0.2) is 47.4 Å². The molecule has 0 amide bonds. The second kappa shape index (κ2) is 10.3. The van der Waals surface area contributed by atoms with Crippen molar-refractivity contribution in [2.75, 3.05) is 13.1 Å². The van der Waals surface area contributed by atoms with E-state index in [9.17, 15) is 8.42 Å². The molecule has 2 aromatic carbocycles. The van der Waals surface area contributed by atoms with E-state index >= 15 is 0 Å². The highest BCUT2D eigenvalue weighted by atomic mass is 35.5. The van der Waals surface area contributed by atoms with Crippen molar-refractivity contribution < 1.29 is 8.42 Å². The normalized spacial score (nSPS) is 16.7. The van der Waals surface area contributed by atoms with Crippen LogP contribution in [0, 0.1) is 12.8 Å². The second-order valence-corrected chi connectivity index (χ2v) is 11.1. The monoisotopic (exact) mass is 453 g/mol. The molecule has 1 atom stereocenters. The number of halogens is 2. The highest BCUT2D eigenvalue weighted by Crippen LogP contribution is 2.29. The van der Waals surface area contributed by atoms with Crippen molar-refractivity contribution in [3.05, 3.63) is 63.6 Å². The molecule has 0 aromatic heterocycles. The molecular weight excluding hydrogens is 425 g/mol. The Bertz CT molecular complexity index is 907. The standard InChI is InChI=1S/C23H29Cl2NO2S/c1-17-2-7-20(8-3-17)29(27,28)21(9-4-18-12-14-26-15-13-18)10-5-19-6-11-22(24)23(25)16-19/h2-3,6-8,11,16,18,21,26H,4-5,9-10,12-15H2,1H3. The maximum Gasteiger partial charge on any atom is 0.181 e. The largest absolute Gasteiger partial charge is 0.317 e. The summed E-state index contributed by atoms with van der Waals surface area (Å²) in [4.78, 5) is 0.424. The maximum absolute atomic E-state index is 13.4. The van der Waals surface area contributed by atoms with Crippen molar-refractivity contribution in [1.82, 2.24) is 5.32 Å². The summed E-state index contributed by atoms with van der Waals surface area (Å²) in [5.41, 5.74) is 2.08. The molecule has 1 fully saturated rings. The van der Waals surface area contributed by atoms with Gasteiger partial charge < -0.3 is 5.32 Å². The van der Waals surface area contributed by atoms with Gasteiger partial charge >= 0.3 is 0 Å². The molecule has 29 heavy (non-hydrogen) atoms. The predicted molar refractivity (Wildman–Crippen MR) is 122 cm³/mol. The van der Waals surface area contributed by atoms with Gasteiger partial charge in [0.05, 0.1) is 20.2 Å². The quantitative estimate of drug-likeness (QED) is 0.544. The summed E-state index contributed by atoms with van der Waals surface area (Å²) >= 11 is 12.1. The Balaban J connectivity index is 1.75. The van der Waals surface area contributed by atoms with E-state index in [1.165, 1.54) is 0 Å². The van der Waals surface area contributed by atoms with Crippen LogP contribution in [0.2, 0.25) is 10.0 Å². The lowest BCUT2D eigenvalue weighted by Crippen LogP contribution is -2.29. The summed E-state index contributed by atoms with van der Waals surface area (Å²) in [6, 6.07) is 12.8. The molecule has 158 valence electrons. The fraction of sp³-hybridized carbons (Fsp3) is 0.478. The Morgan fingerprint density at radius 1 is 1.00 bits per heavy atom. The molecule has 0 saturated carbocycles. The molecule has 0 radical (unpaired) electrons. The topological polar surface area (TPSA) is 46.2 Å². The average Bonchev–Trinajstić information content (AvgIpc) is 2.71. The second-order valence-electron chi connectivity index (χ2n) is 8.04. The average molecular weight is 454 g/mol. The van der Waals surface area contributed by atoms with E-state index < -0.39 is 15.1 Å². The number of benzene rings is 2. The lowest BCUT2D eigenvalue weighted by Gasteiger charge is -2.25. The third kappa shape index (κ3) is 6.21. The van der Waals surface area contributed by atoms with Crippen LogP contribution >= 0.6 is 23.2 Å². The van der Waals surface area contributed by atoms with E-state index in [0.717, 1.165) is 43.5 Å². The molecule has 1 unspecified atom stereocenters. The van der Waals surface area contributed by atoms with Gasteiger partial charge in [-0.05, 0) is 94.3 Å². The number of hydrogen-bond donors (Lipinski definition) is 1. The van der Waals surface area contributed by atoms with Crippen molar-refractivity contribution in [3.8, 4) is 0 Å². The van der Waals surface area contributed by atoms with Crippen LogP contribution in [0.1, 0.15) is 43.2 Å². The molecule has 1 N–H and O–H groups in total. The molecule has 0 bridgehead atoms. The highest BCUT2D eigenvalue weighted by Gasteiger charge is 2.28. The van der Waals surface area contributed by atoms with Gasteiger partial charge in [0.2, 0.25) is 0 Å². The summed E-state index contributed by atoms with van der Waals surface area (Å²) in [6.07, 6.45) is 5.16. The number of hydrogen-bond acceptors (Lipinski definition) is 3. The summed E-state index contributed by atoms with van der Waals surface area (Å²) in [6.45, 7) is 4.03. The third-order valence-corrected chi connectivity index (χ3v) is 8.90. The first kappa shape index (κ1) is 22.6. The highest BCUT2D eigenvalue weighted by molar-refractivity contribution is 7.92. The molecule has 1 heterocycles. The Labute approximate surface area is 184 Å². The zero-order chi connectivity index (χ0) is 20.9. The first-order valence-electron chi connectivity index (χ1n) is 10.3. The lowest BCUT2D eigenvalue weighted by atomic mass is 9.91. The van der Waals surface area contributed by atoms with Gasteiger partial charge in [0.1, 0.15) is 0 Å². The van der Waals surface area contributed by atoms with Gasteiger partial charge in [0.25, 0.3) is 0 Å². The summed E-state index contributed by atoms with van der Waals surface area (Å²) in [7, 11) is -3.38. The molecular formula is C23H29Cl2NO2S. The predicted octanol–water partition coefficient (Wildman–Crippen LogP) is 5.86. The van der Waals surface area contributed by atoms with Gasteiger partial charge in [0.15, 0.2) is 9.84 Å². The van der Waals surface area contributed by atoms with Gasteiger partial charge in [-0.3, -0.25) is 0 Å². The Hall–Kier alpha value is -1.07. The van der Waals surface area contributed by atoms with Crippen LogP contribution in [0.25, 0.3) is 0 Å². The van der Waals surface area contributed by atoms with Crippen molar-refractivity contribution in [1.29, 1.82) is 0 Å². The van der Waals surface area contributed by atoms with Crippen molar-refractivity contribution in [2.45, 2.75) is 55.6 Å². The molecule has 6 heteroatoms. The minimum Gasteiger partial charge on any atom is -0.317 e. The third-order valence-electron chi connectivity index (χ3n) is 5.88. The van der Waals surface area contributed by atoms with E-state index in [4.69, 9.17) is 23.2 Å². The Morgan fingerprint density at radius 2 is 1.69 bits per heavy atom. The number of rotatable bonds is 8. The van der Waals surface area contributed by atoms with Gasteiger partial charge in [-0.2, -0.15) is 0 Å². The molecule has 1 saturated heterocycles. The van der Waals surface area contributed by atoms with Crippen LogP contribution in [0.5, 0.6) is 0 Å². The van der Waals surface area contributed by atoms with Crippen LogP contribution in [-0.4, -0.2) is 26.8 Å². The summed E-state index contributed by atoms with van der Waals surface area (Å²) in [5, 5.41) is 4.01. The first-order chi connectivity index (χ1) is 13.9. The van der Waals surface area contributed by atoms with Crippen LogP contribution in [0.4, 0.5) is 0 Å². The van der Waals surface area contributed by atoms with Gasteiger partial charge in [-0.15, -0.1) is 0 Å². The first-order valence-corrected chi connectivity index (χ1v) is 12.6. The molecule has 0 aliphatic carbocycles. The lowest BCUT2D eigenvalue weighted by molar-refractivity contribution is 0.342. The zero-order valence-corrected chi connectivity index (χ0v) is 19.2. The number of sulfone groups is 1. The molecule has 2 aromatic rings. The molecule has 1 aliphatic heterocycles. The van der Waals surface area contributed by atoms with Gasteiger partial charge in [0, 0.05) is 0 Å². The van der Waals surface area contributed by atoms with Crippen molar-refractivity contribution >= 4 is 33.0 Å². The van der Waals surface area contributed by atoms with E-state index in [2.05, 4.69) is 5.32 Å². The van der Waals surface area contributed by atoms with Crippen LogP contribution in [0.3, 0.4) is 0 Å². The zero-order valence-electron chi connectivity index (χ0n) is 16.8. The van der Waals surface area contributed by atoms with E-state index in [1.54, 1.807) is 18.2 Å². The Kier molecular flexibility index (Phi) is 8.03. The Morgan fingerprint density at radius 3 is 2.34 bits per heavy atom. The fourth-order valence-corrected chi connectivity index (χ4v) is 6.09. The molecule has 3 nitrogen and oxygen atoms in total. The molecule has 0 spiro atoms. The van der Waals surface area contributed by atoms with Crippen LogP contribution < -0.4 is 5.32 Å². The summed E-state index contributed by atoms with van der Waals surface area (Å²) in [5.74, 6) is 0.608. The number of piperidine rings is 1. The van der Waals surface area contributed by atoms with Crippen molar-refractivity contribution in [3.63, 3.8) is 0 Å². The van der Waals surface area contributed by atoms with Crippen LogP contribution in [-0.2, 0) is 16.3 Å². The van der Waals surface area contributed by atoms with Crippen molar-refractivity contribution in [2.24, 2.45) is 5.92 Å². The van der Waals surface area contributed by atoms with Gasteiger partial charge in [-0.1, -0.05) is 47.0 Å². The summed E-state index contributed by atoms with van der Waals surface area (Å²) < 4.78 is 26.8. The van der Waals surface area contributed by atoms with E-state index in [-0.39, 0.29) is 0 Å². The maximum atomic E-state index is 13.4. The smallest absolute Gasteiger partial charge is 0.181 e. The van der Waals surface area contributed by atoms with E-state index in [1.807, 2.05) is 31.2 Å². The molecule has 3 rings (SSSR count). The number of nitrogens with one attached hydrogen (secondary N) is 1.